The summed E-state index contributed by atoms with van der Waals surface area (Å²) in [6.45, 7) is 0. The molecule has 0 bridgehead atoms. The van der Waals surface area contributed by atoms with E-state index in [2.05, 4.69) is 0 Å². The van der Waals surface area contributed by atoms with Gasteiger partial charge in [-0.1, -0.05) is 0 Å². The molecule has 0 fully saturated rings. The van der Waals surface area contributed by atoms with Gasteiger partial charge in [-0.05, 0) is 6.07 Å². The third kappa shape index (κ3) is 2.00. The van der Waals surface area contributed by atoms with Crippen LogP contribution in [0.3, 0.4) is 0 Å². The third-order valence-corrected chi connectivity index (χ3v) is 1.47. The monoisotopic (exact) mass is 148 g/mol. The van der Waals surface area contributed by atoms with Crippen molar-refractivity contribution in [2.24, 2.45) is 7.05 Å². The van der Waals surface area contributed by atoms with Gasteiger partial charge in [-0.25, -0.2) is 4.57 Å². The van der Waals surface area contributed by atoms with Crippen LogP contribution in [-0.2, 0) is 7.05 Å². The summed E-state index contributed by atoms with van der Waals surface area (Å²) in [5.41, 5.74) is 1.13. The van der Waals surface area contributed by atoms with Crippen LogP contribution in [0.2, 0.25) is 0 Å². The fourth-order valence-electron chi connectivity index (χ4n) is 0.864. The lowest BCUT2D eigenvalue weighted by atomic mass is 10.3. The van der Waals surface area contributed by atoms with Crippen molar-refractivity contribution in [1.82, 2.24) is 0 Å². The van der Waals surface area contributed by atoms with Crippen molar-refractivity contribution in [3.8, 4) is 0 Å². The molecule has 0 aliphatic heterocycles. The zero-order chi connectivity index (χ0) is 8.10. The first-order chi connectivity index (χ1) is 5.34. The van der Waals surface area contributed by atoms with Gasteiger partial charge < -0.3 is 0 Å². The average molecular weight is 148 g/mol. The summed E-state index contributed by atoms with van der Waals surface area (Å²) in [7, 11) is 2.00. The molecule has 1 heterocycles. The molecular formula is C9H12N2+2. The summed E-state index contributed by atoms with van der Waals surface area (Å²) >= 11 is 0. The van der Waals surface area contributed by atoms with Crippen LogP contribution in [0.5, 0.6) is 0 Å². The minimum atomic E-state index is 1.13. The number of hydrogen-bond donors (Lipinski definition) is 1. The Hall–Kier alpha value is -1.44. The highest BCUT2D eigenvalue weighted by Gasteiger charge is 1.96. The van der Waals surface area contributed by atoms with Crippen LogP contribution in [0.1, 0.15) is 5.69 Å². The third-order valence-electron chi connectivity index (χ3n) is 1.47. The van der Waals surface area contributed by atoms with E-state index in [0.717, 1.165) is 5.69 Å². The molecule has 1 aromatic heterocycles. The molecule has 0 unspecified atom stereocenters. The van der Waals surface area contributed by atoms with Crippen molar-refractivity contribution < 1.29 is 9.98 Å². The second-order valence-electron chi connectivity index (χ2n) is 2.29. The van der Waals surface area contributed by atoms with Crippen molar-refractivity contribution in [2.75, 3.05) is 0 Å². The van der Waals surface area contributed by atoms with Crippen LogP contribution in [0.4, 0.5) is 0 Å². The van der Waals surface area contributed by atoms with Gasteiger partial charge in [-0.3, -0.25) is 5.41 Å². The van der Waals surface area contributed by atoms with Crippen molar-refractivity contribution in [2.45, 2.75) is 0 Å². The molecule has 0 amide bonds. The van der Waals surface area contributed by atoms with E-state index in [0.29, 0.717) is 0 Å². The fourth-order valence-corrected chi connectivity index (χ4v) is 0.864. The molecule has 0 aliphatic carbocycles. The molecule has 2 N–H and O–H groups in total. The number of nitrogens with two attached hydrogens (primary N) is 1. The van der Waals surface area contributed by atoms with E-state index in [9.17, 15) is 0 Å². The molecular weight excluding hydrogens is 136 g/mol. The summed E-state index contributed by atoms with van der Waals surface area (Å²) in [6.07, 6.45) is 7.29. The molecule has 0 radical (unpaired) electrons. The van der Waals surface area contributed by atoms with Crippen LogP contribution >= 0.6 is 0 Å². The second kappa shape index (κ2) is 3.66. The predicted octanol–water partition coefficient (Wildman–Crippen LogP) is -0.646. The number of pyridine rings is 1. The van der Waals surface area contributed by atoms with Crippen LogP contribution in [0.25, 0.3) is 6.08 Å². The minimum Gasteiger partial charge on any atom is -0.260 e. The molecule has 2 nitrogen and oxygen atoms in total. The van der Waals surface area contributed by atoms with Crippen molar-refractivity contribution in [3.63, 3.8) is 0 Å². The lowest BCUT2D eigenvalue weighted by molar-refractivity contribution is -0.673. The predicted molar refractivity (Wildman–Crippen MR) is 44.6 cm³/mol. The quantitative estimate of drug-likeness (QED) is 0.427. The molecule has 0 saturated heterocycles. The molecule has 1 aromatic rings. The first-order valence-electron chi connectivity index (χ1n) is 3.51. The average Bonchev–Trinajstić information content (AvgIpc) is 2.03. The maximum absolute atomic E-state index is 5.21. The SMILES string of the molecule is C[n+]1ccccc1/C=C\C=[NH2+]. The van der Waals surface area contributed by atoms with E-state index in [1.165, 1.54) is 6.21 Å². The molecule has 0 aromatic carbocycles. The van der Waals surface area contributed by atoms with E-state index >= 15 is 0 Å². The van der Waals surface area contributed by atoms with Crippen molar-refractivity contribution in [1.29, 1.82) is 0 Å². The highest BCUT2D eigenvalue weighted by Crippen LogP contribution is 1.91. The number of nitrogens with zero attached hydrogens (tertiary/aromatic N) is 1. The maximum Gasteiger partial charge on any atom is 0.205 e. The van der Waals surface area contributed by atoms with Crippen molar-refractivity contribution >= 4 is 12.3 Å². The highest BCUT2D eigenvalue weighted by molar-refractivity contribution is 5.72. The van der Waals surface area contributed by atoms with Crippen LogP contribution < -0.4 is 9.98 Å². The summed E-state index contributed by atoms with van der Waals surface area (Å²) in [6, 6.07) is 6.01. The Bertz CT molecular complexity index is 277. The van der Waals surface area contributed by atoms with Gasteiger partial charge in [0.05, 0.1) is 0 Å². The Morgan fingerprint density at radius 1 is 1.45 bits per heavy atom. The Kier molecular flexibility index (Phi) is 2.55. The van der Waals surface area contributed by atoms with E-state index in [-0.39, 0.29) is 0 Å². The minimum absolute atomic E-state index is 1.13. The Balaban J connectivity index is 2.94. The lowest BCUT2D eigenvalue weighted by Gasteiger charge is -1.89. The molecule has 0 atom stereocenters. The number of aryl methyl sites for hydroxylation is 1. The topological polar surface area (TPSA) is 29.5 Å². The Morgan fingerprint density at radius 2 is 2.27 bits per heavy atom. The molecule has 56 valence electrons. The highest BCUT2D eigenvalue weighted by atomic mass is 14.9. The van der Waals surface area contributed by atoms with Crippen LogP contribution in [-0.4, -0.2) is 6.21 Å². The fraction of sp³-hybridized carbons (Fsp3) is 0.111. The standard InChI is InChI=1S/C9H11N2/c1-11-8-3-2-5-9(11)6-4-7-10/h2-8,10H,1H3/q+1/p+1/b6-4-,10-7?. The number of allylic oxidation sites excluding steroid dienone is 1. The summed E-state index contributed by atoms with van der Waals surface area (Å²) in [5.74, 6) is 0. The second-order valence-corrected chi connectivity index (χ2v) is 2.29. The summed E-state index contributed by atoms with van der Waals surface area (Å²) < 4.78 is 2.03. The zero-order valence-corrected chi connectivity index (χ0v) is 6.57. The van der Waals surface area contributed by atoms with Gasteiger partial charge in [-0.15, -0.1) is 0 Å². The molecule has 0 spiro atoms. The van der Waals surface area contributed by atoms with Gasteiger partial charge in [0.2, 0.25) is 5.69 Å². The number of aromatic nitrogens is 1. The zero-order valence-electron chi connectivity index (χ0n) is 6.57. The van der Waals surface area contributed by atoms with Gasteiger partial charge in [0.25, 0.3) is 0 Å². The van der Waals surface area contributed by atoms with E-state index in [1.54, 1.807) is 0 Å². The normalized spacial score (nSPS) is 10.3. The Labute approximate surface area is 66.3 Å². The smallest absolute Gasteiger partial charge is 0.205 e. The van der Waals surface area contributed by atoms with Gasteiger partial charge in [0.15, 0.2) is 12.4 Å². The lowest BCUT2D eigenvalue weighted by Crippen LogP contribution is -2.31. The Morgan fingerprint density at radius 3 is 2.91 bits per heavy atom. The molecule has 0 aliphatic rings. The molecule has 0 saturated carbocycles. The van der Waals surface area contributed by atoms with E-state index in [1.807, 2.05) is 48.2 Å². The van der Waals surface area contributed by atoms with E-state index in [4.69, 9.17) is 5.41 Å². The molecule has 2 heteroatoms. The van der Waals surface area contributed by atoms with E-state index < -0.39 is 0 Å². The molecule has 1 rings (SSSR count). The van der Waals surface area contributed by atoms with Crippen molar-refractivity contribution in [3.05, 3.63) is 36.2 Å². The summed E-state index contributed by atoms with van der Waals surface area (Å²) in [5, 5.41) is 5.21. The van der Waals surface area contributed by atoms with Crippen LogP contribution in [0, 0.1) is 0 Å². The number of hydrogen-bond acceptors (Lipinski definition) is 0. The van der Waals surface area contributed by atoms with Gasteiger partial charge in [-0.2, -0.15) is 0 Å². The first kappa shape index (κ1) is 7.66. The van der Waals surface area contributed by atoms with Gasteiger partial charge in [0.1, 0.15) is 7.05 Å². The van der Waals surface area contributed by atoms with Gasteiger partial charge in [0, 0.05) is 24.3 Å². The summed E-state index contributed by atoms with van der Waals surface area (Å²) in [4.78, 5) is 0. The largest absolute Gasteiger partial charge is 0.260 e. The van der Waals surface area contributed by atoms with Crippen LogP contribution in [0.15, 0.2) is 30.5 Å². The van der Waals surface area contributed by atoms with Gasteiger partial charge >= 0.3 is 0 Å². The first-order valence-corrected chi connectivity index (χ1v) is 3.51. The molecule has 11 heavy (non-hydrogen) atoms. The maximum atomic E-state index is 5.21. The number of rotatable bonds is 2.